The summed E-state index contributed by atoms with van der Waals surface area (Å²) < 4.78 is 13.8. The van der Waals surface area contributed by atoms with Crippen LogP contribution in [0.25, 0.3) is 11.4 Å². The zero-order valence-corrected chi connectivity index (χ0v) is 14.5. The van der Waals surface area contributed by atoms with Gasteiger partial charge in [0.2, 0.25) is 5.82 Å². The summed E-state index contributed by atoms with van der Waals surface area (Å²) >= 11 is 0. The van der Waals surface area contributed by atoms with Gasteiger partial charge < -0.3 is 9.88 Å². The summed E-state index contributed by atoms with van der Waals surface area (Å²) in [7, 11) is 1.89. The fourth-order valence-corrected chi connectivity index (χ4v) is 2.43. The van der Waals surface area contributed by atoms with Gasteiger partial charge in [-0.25, -0.2) is 19.3 Å². The quantitative estimate of drug-likeness (QED) is 0.786. The SMILES string of the molecule is Cn1cncc1-c1ccnc(C(=O)NC2CCC2)n1.Fc1ccccc1. The highest BCUT2D eigenvalue weighted by Crippen LogP contribution is 2.19. The fourth-order valence-electron chi connectivity index (χ4n) is 2.43. The molecule has 3 aromatic rings. The Morgan fingerprint density at radius 2 is 2.00 bits per heavy atom. The van der Waals surface area contributed by atoms with Crippen LogP contribution in [0.5, 0.6) is 0 Å². The van der Waals surface area contributed by atoms with Gasteiger partial charge in [-0.05, 0) is 37.5 Å². The Hall–Kier alpha value is -3.09. The van der Waals surface area contributed by atoms with Gasteiger partial charge in [-0.2, -0.15) is 0 Å². The van der Waals surface area contributed by atoms with Crippen molar-refractivity contribution < 1.29 is 9.18 Å². The molecule has 1 N–H and O–H groups in total. The number of nitrogens with one attached hydrogen (secondary N) is 1. The van der Waals surface area contributed by atoms with E-state index in [1.165, 1.54) is 18.6 Å². The number of amides is 1. The van der Waals surface area contributed by atoms with Crippen molar-refractivity contribution in [3.05, 3.63) is 66.8 Å². The maximum Gasteiger partial charge on any atom is 0.289 e. The molecule has 0 atom stereocenters. The van der Waals surface area contributed by atoms with Crippen LogP contribution in [-0.4, -0.2) is 31.5 Å². The van der Waals surface area contributed by atoms with Crippen LogP contribution in [0.1, 0.15) is 29.9 Å². The molecular weight excluding hydrogens is 333 g/mol. The van der Waals surface area contributed by atoms with Crippen LogP contribution in [0.15, 0.2) is 55.1 Å². The van der Waals surface area contributed by atoms with Crippen LogP contribution in [0.2, 0.25) is 0 Å². The smallest absolute Gasteiger partial charge is 0.289 e. The van der Waals surface area contributed by atoms with Gasteiger partial charge >= 0.3 is 0 Å². The molecular formula is C19H20FN5O. The third-order valence-corrected chi connectivity index (χ3v) is 4.11. The summed E-state index contributed by atoms with van der Waals surface area (Å²) in [5.74, 6) is -0.165. The molecule has 2 heterocycles. The van der Waals surface area contributed by atoms with Gasteiger partial charge in [-0.15, -0.1) is 0 Å². The molecule has 0 unspecified atom stereocenters. The van der Waals surface area contributed by atoms with Crippen molar-refractivity contribution in [1.82, 2.24) is 24.8 Å². The predicted octanol–water partition coefficient (Wildman–Crippen LogP) is 2.99. The summed E-state index contributed by atoms with van der Waals surface area (Å²) in [6.45, 7) is 0. The van der Waals surface area contributed by atoms with Crippen LogP contribution < -0.4 is 5.32 Å². The van der Waals surface area contributed by atoms with E-state index in [-0.39, 0.29) is 23.6 Å². The number of hydrogen-bond acceptors (Lipinski definition) is 4. The maximum atomic E-state index is 12.0. The van der Waals surface area contributed by atoms with E-state index in [0.717, 1.165) is 18.5 Å². The molecule has 4 rings (SSSR count). The zero-order chi connectivity index (χ0) is 18.4. The second kappa shape index (κ2) is 8.33. The molecule has 0 spiro atoms. The molecule has 1 aliphatic rings. The van der Waals surface area contributed by atoms with E-state index in [0.29, 0.717) is 5.69 Å². The molecule has 0 aliphatic heterocycles. The molecule has 1 aromatic carbocycles. The van der Waals surface area contributed by atoms with Crippen LogP contribution in [0, 0.1) is 5.82 Å². The average molecular weight is 353 g/mol. The Kier molecular flexibility index (Phi) is 5.68. The van der Waals surface area contributed by atoms with Gasteiger partial charge in [0.15, 0.2) is 0 Å². The highest BCUT2D eigenvalue weighted by Gasteiger charge is 2.21. The molecule has 0 saturated heterocycles. The molecule has 1 fully saturated rings. The van der Waals surface area contributed by atoms with Crippen LogP contribution in [0.4, 0.5) is 4.39 Å². The van der Waals surface area contributed by atoms with Crippen LogP contribution >= 0.6 is 0 Å². The maximum absolute atomic E-state index is 12.0. The minimum Gasteiger partial charge on any atom is -0.347 e. The van der Waals surface area contributed by atoms with Crippen molar-refractivity contribution in [2.75, 3.05) is 0 Å². The molecule has 26 heavy (non-hydrogen) atoms. The van der Waals surface area contributed by atoms with E-state index in [4.69, 9.17) is 0 Å². The first-order valence-corrected chi connectivity index (χ1v) is 8.44. The Morgan fingerprint density at radius 1 is 1.23 bits per heavy atom. The highest BCUT2D eigenvalue weighted by atomic mass is 19.1. The first-order chi connectivity index (χ1) is 12.6. The van der Waals surface area contributed by atoms with E-state index in [9.17, 15) is 9.18 Å². The number of carbonyl (C=O) groups is 1. The standard InChI is InChI=1S/C13H15N5O.C6H5F/c1-18-8-14-7-11(18)10-5-6-15-12(17-10)13(19)16-9-3-2-4-9;7-6-4-2-1-3-5-6/h5-9H,2-4H2,1H3,(H,16,19);1-5H. The number of hydrogen-bond donors (Lipinski definition) is 1. The third kappa shape index (κ3) is 4.50. The van der Waals surface area contributed by atoms with Gasteiger partial charge in [0.25, 0.3) is 5.91 Å². The van der Waals surface area contributed by atoms with Crippen molar-refractivity contribution in [3.63, 3.8) is 0 Å². The lowest BCUT2D eigenvalue weighted by molar-refractivity contribution is 0.0906. The Bertz CT molecular complexity index is 861. The number of carbonyl (C=O) groups excluding carboxylic acids is 1. The number of aryl methyl sites for hydroxylation is 1. The number of nitrogens with zero attached hydrogens (tertiary/aromatic N) is 4. The van der Waals surface area contributed by atoms with Crippen molar-refractivity contribution in [1.29, 1.82) is 0 Å². The van der Waals surface area contributed by atoms with Crippen molar-refractivity contribution in [2.24, 2.45) is 7.05 Å². The number of benzene rings is 1. The molecule has 1 aliphatic carbocycles. The van der Waals surface area contributed by atoms with Crippen molar-refractivity contribution >= 4 is 5.91 Å². The number of halogens is 1. The summed E-state index contributed by atoms with van der Waals surface area (Å²) in [6.07, 6.45) is 8.30. The summed E-state index contributed by atoms with van der Waals surface area (Å²) in [4.78, 5) is 24.4. The summed E-state index contributed by atoms with van der Waals surface area (Å²) in [5.41, 5.74) is 1.56. The average Bonchev–Trinajstić information content (AvgIpc) is 3.05. The van der Waals surface area contributed by atoms with E-state index in [1.54, 1.807) is 43.0 Å². The molecule has 0 radical (unpaired) electrons. The molecule has 7 heteroatoms. The van der Waals surface area contributed by atoms with E-state index < -0.39 is 0 Å². The van der Waals surface area contributed by atoms with E-state index in [2.05, 4.69) is 20.3 Å². The van der Waals surface area contributed by atoms with Crippen LogP contribution in [0.3, 0.4) is 0 Å². The molecule has 1 amide bonds. The Balaban J connectivity index is 0.000000236. The van der Waals surface area contributed by atoms with Gasteiger partial charge in [0.1, 0.15) is 5.82 Å². The summed E-state index contributed by atoms with van der Waals surface area (Å²) in [5, 5.41) is 2.93. The minimum atomic E-state index is -0.200. The van der Waals surface area contributed by atoms with Crippen molar-refractivity contribution in [3.8, 4) is 11.4 Å². The van der Waals surface area contributed by atoms with Crippen molar-refractivity contribution in [2.45, 2.75) is 25.3 Å². The van der Waals surface area contributed by atoms with Crippen LogP contribution in [-0.2, 0) is 7.05 Å². The highest BCUT2D eigenvalue weighted by molar-refractivity contribution is 5.91. The lowest BCUT2D eigenvalue weighted by Crippen LogP contribution is -2.40. The Labute approximate surface area is 151 Å². The lowest BCUT2D eigenvalue weighted by Gasteiger charge is -2.25. The normalized spacial score (nSPS) is 13.3. The van der Waals surface area contributed by atoms with Gasteiger partial charge in [0.05, 0.1) is 23.9 Å². The largest absolute Gasteiger partial charge is 0.347 e. The monoisotopic (exact) mass is 353 g/mol. The summed E-state index contributed by atoms with van der Waals surface area (Å²) in [6, 6.07) is 10.0. The minimum absolute atomic E-state index is 0.178. The second-order valence-electron chi connectivity index (χ2n) is 6.05. The van der Waals surface area contributed by atoms with Gasteiger partial charge in [-0.1, -0.05) is 18.2 Å². The molecule has 134 valence electrons. The number of aromatic nitrogens is 4. The topological polar surface area (TPSA) is 72.7 Å². The molecule has 0 bridgehead atoms. The molecule has 2 aromatic heterocycles. The van der Waals surface area contributed by atoms with Gasteiger partial charge in [0, 0.05) is 19.3 Å². The predicted molar refractivity (Wildman–Crippen MR) is 95.7 cm³/mol. The molecule has 1 saturated carbocycles. The number of imidazole rings is 1. The fraction of sp³-hybridized carbons (Fsp3) is 0.263. The van der Waals surface area contributed by atoms with E-state index in [1.807, 2.05) is 11.6 Å². The second-order valence-corrected chi connectivity index (χ2v) is 6.05. The Morgan fingerprint density at radius 3 is 2.54 bits per heavy atom. The third-order valence-electron chi connectivity index (χ3n) is 4.11. The lowest BCUT2D eigenvalue weighted by atomic mass is 9.93. The van der Waals surface area contributed by atoms with E-state index >= 15 is 0 Å². The zero-order valence-electron chi connectivity index (χ0n) is 14.5. The number of rotatable bonds is 3. The van der Waals surface area contributed by atoms with Gasteiger partial charge in [-0.3, -0.25) is 4.79 Å². The first kappa shape index (κ1) is 17.7. The first-order valence-electron chi connectivity index (χ1n) is 8.44. The molecule has 6 nitrogen and oxygen atoms in total.